The molecule has 0 aliphatic heterocycles. The number of carbonyl (C=O) groups is 1. The number of nitrogen functional groups attached to an aromatic ring is 1. The predicted molar refractivity (Wildman–Crippen MR) is 63.6 cm³/mol. The first-order valence-corrected chi connectivity index (χ1v) is 6.20. The summed E-state index contributed by atoms with van der Waals surface area (Å²) in [5.74, 6) is 0.110. The lowest BCUT2D eigenvalue weighted by Crippen LogP contribution is -2.03. The molecule has 2 aromatic heterocycles. The van der Waals surface area contributed by atoms with Gasteiger partial charge in [0.1, 0.15) is 0 Å². The van der Waals surface area contributed by atoms with E-state index in [-0.39, 0.29) is 5.78 Å². The summed E-state index contributed by atoms with van der Waals surface area (Å²) in [6, 6.07) is 1.86. The number of anilines is 1. The van der Waals surface area contributed by atoms with Gasteiger partial charge in [-0.05, 0) is 18.4 Å². The number of Topliss-reactive ketones (excluding diaryl/α,β-unsaturated/α-hetero) is 1. The molecule has 15 heavy (non-hydrogen) atoms. The largest absolute Gasteiger partial charge is 0.375 e. The second-order valence-corrected chi connectivity index (χ2v) is 5.18. The average Bonchev–Trinajstić information content (AvgIpc) is 2.75. The van der Waals surface area contributed by atoms with Crippen LogP contribution >= 0.6 is 22.7 Å². The third-order valence-corrected chi connectivity index (χ3v) is 3.64. The predicted octanol–water partition coefficient (Wildman–Crippen LogP) is 2.52. The molecule has 0 aliphatic carbocycles. The molecule has 2 heterocycles. The van der Waals surface area contributed by atoms with E-state index in [4.69, 9.17) is 5.73 Å². The molecule has 78 valence electrons. The Bertz CT molecular complexity index is 487. The summed E-state index contributed by atoms with van der Waals surface area (Å²) in [5, 5.41) is 4.27. The fourth-order valence-electron chi connectivity index (χ4n) is 1.34. The number of carbonyl (C=O) groups excluding carboxylic acids is 1. The number of aromatic nitrogens is 1. The van der Waals surface area contributed by atoms with Crippen molar-refractivity contribution in [2.45, 2.75) is 13.3 Å². The van der Waals surface area contributed by atoms with Crippen molar-refractivity contribution >= 4 is 33.6 Å². The van der Waals surface area contributed by atoms with Crippen LogP contribution in [0, 0.1) is 6.92 Å². The SMILES string of the molecule is Cc1sccc1C(=O)Cc1csc(N)n1. The van der Waals surface area contributed by atoms with Gasteiger partial charge in [-0.2, -0.15) is 0 Å². The Kier molecular flexibility index (Phi) is 2.83. The Labute approximate surface area is 95.6 Å². The number of aryl methyl sites for hydroxylation is 1. The number of rotatable bonds is 3. The molecule has 2 N–H and O–H groups in total. The Morgan fingerprint density at radius 3 is 2.87 bits per heavy atom. The zero-order valence-electron chi connectivity index (χ0n) is 8.19. The van der Waals surface area contributed by atoms with Crippen molar-refractivity contribution in [1.82, 2.24) is 4.98 Å². The summed E-state index contributed by atoms with van der Waals surface area (Å²) < 4.78 is 0. The lowest BCUT2D eigenvalue weighted by atomic mass is 10.1. The molecular weight excluding hydrogens is 228 g/mol. The molecule has 0 aliphatic rings. The summed E-state index contributed by atoms with van der Waals surface area (Å²) in [6.45, 7) is 1.95. The summed E-state index contributed by atoms with van der Waals surface area (Å²) in [4.78, 5) is 17.0. The van der Waals surface area contributed by atoms with Crippen LogP contribution in [-0.2, 0) is 6.42 Å². The molecule has 0 atom stereocenters. The van der Waals surface area contributed by atoms with Crippen LogP contribution in [0.1, 0.15) is 20.9 Å². The van der Waals surface area contributed by atoms with Gasteiger partial charge < -0.3 is 5.73 Å². The van der Waals surface area contributed by atoms with Gasteiger partial charge in [-0.1, -0.05) is 0 Å². The number of hydrogen-bond acceptors (Lipinski definition) is 5. The third-order valence-electron chi connectivity index (χ3n) is 2.07. The molecule has 0 fully saturated rings. The Morgan fingerprint density at radius 1 is 1.53 bits per heavy atom. The van der Waals surface area contributed by atoms with E-state index in [0.29, 0.717) is 11.6 Å². The molecule has 5 heteroatoms. The van der Waals surface area contributed by atoms with Crippen molar-refractivity contribution in [3.63, 3.8) is 0 Å². The first-order chi connectivity index (χ1) is 7.16. The zero-order valence-corrected chi connectivity index (χ0v) is 9.82. The minimum Gasteiger partial charge on any atom is -0.375 e. The standard InChI is InChI=1S/C10H10N2OS2/c1-6-8(2-3-14-6)9(13)4-7-5-15-10(11)12-7/h2-3,5H,4H2,1H3,(H2,11,12). The quantitative estimate of drug-likeness (QED) is 0.836. The molecule has 0 spiro atoms. The van der Waals surface area contributed by atoms with E-state index in [1.165, 1.54) is 11.3 Å². The summed E-state index contributed by atoms with van der Waals surface area (Å²) in [5.41, 5.74) is 7.06. The highest BCUT2D eigenvalue weighted by atomic mass is 32.1. The van der Waals surface area contributed by atoms with Crippen LogP contribution in [0.4, 0.5) is 5.13 Å². The van der Waals surface area contributed by atoms with Crippen LogP contribution in [0.3, 0.4) is 0 Å². The van der Waals surface area contributed by atoms with E-state index >= 15 is 0 Å². The van der Waals surface area contributed by atoms with Gasteiger partial charge in [0.25, 0.3) is 0 Å². The number of ketones is 1. The highest BCUT2D eigenvalue weighted by Gasteiger charge is 2.12. The third kappa shape index (κ3) is 2.24. The van der Waals surface area contributed by atoms with Crippen LogP contribution in [0.5, 0.6) is 0 Å². The number of nitrogens with zero attached hydrogens (tertiary/aromatic N) is 1. The lowest BCUT2D eigenvalue weighted by molar-refractivity contribution is 0.0992. The van der Waals surface area contributed by atoms with Crippen LogP contribution in [-0.4, -0.2) is 10.8 Å². The Hall–Kier alpha value is -1.20. The van der Waals surface area contributed by atoms with Crippen molar-refractivity contribution in [2.75, 3.05) is 5.73 Å². The minimum absolute atomic E-state index is 0.110. The van der Waals surface area contributed by atoms with E-state index in [1.807, 2.05) is 23.8 Å². The molecule has 0 aromatic carbocycles. The maximum atomic E-state index is 11.8. The summed E-state index contributed by atoms with van der Waals surface area (Å²) in [7, 11) is 0. The van der Waals surface area contributed by atoms with Crippen molar-refractivity contribution in [3.8, 4) is 0 Å². The molecular formula is C10H10N2OS2. The van der Waals surface area contributed by atoms with Crippen LogP contribution in [0.2, 0.25) is 0 Å². The second-order valence-electron chi connectivity index (χ2n) is 3.17. The van der Waals surface area contributed by atoms with Crippen LogP contribution in [0.15, 0.2) is 16.8 Å². The van der Waals surface area contributed by atoms with Crippen molar-refractivity contribution in [3.05, 3.63) is 33.0 Å². The minimum atomic E-state index is 0.110. The van der Waals surface area contributed by atoms with Crippen molar-refractivity contribution < 1.29 is 4.79 Å². The van der Waals surface area contributed by atoms with E-state index in [1.54, 1.807) is 11.3 Å². The average molecular weight is 238 g/mol. The molecule has 3 nitrogen and oxygen atoms in total. The summed E-state index contributed by atoms with van der Waals surface area (Å²) in [6.07, 6.45) is 0.339. The number of thiazole rings is 1. The Morgan fingerprint density at radius 2 is 2.33 bits per heavy atom. The molecule has 0 amide bonds. The van der Waals surface area contributed by atoms with Gasteiger partial charge in [-0.15, -0.1) is 22.7 Å². The number of hydrogen-bond donors (Lipinski definition) is 1. The Balaban J connectivity index is 2.14. The number of thiophene rings is 1. The maximum absolute atomic E-state index is 11.8. The first-order valence-electron chi connectivity index (χ1n) is 4.44. The van der Waals surface area contributed by atoms with Gasteiger partial charge in [0.15, 0.2) is 10.9 Å². The van der Waals surface area contributed by atoms with Gasteiger partial charge in [0, 0.05) is 15.8 Å². The fraction of sp³-hybridized carbons (Fsp3) is 0.200. The van der Waals surface area contributed by atoms with Crippen LogP contribution < -0.4 is 5.73 Å². The monoisotopic (exact) mass is 238 g/mol. The zero-order chi connectivity index (χ0) is 10.8. The van der Waals surface area contributed by atoms with Gasteiger partial charge in [-0.25, -0.2) is 4.98 Å². The molecule has 2 rings (SSSR count). The van der Waals surface area contributed by atoms with Gasteiger partial charge in [0.05, 0.1) is 12.1 Å². The molecule has 0 radical (unpaired) electrons. The molecule has 0 saturated heterocycles. The maximum Gasteiger partial charge on any atom is 0.180 e. The fourth-order valence-corrected chi connectivity index (χ4v) is 2.62. The summed E-state index contributed by atoms with van der Waals surface area (Å²) >= 11 is 2.95. The van der Waals surface area contributed by atoms with E-state index in [0.717, 1.165) is 16.1 Å². The van der Waals surface area contributed by atoms with Crippen molar-refractivity contribution in [1.29, 1.82) is 0 Å². The van der Waals surface area contributed by atoms with E-state index in [9.17, 15) is 4.79 Å². The highest BCUT2D eigenvalue weighted by molar-refractivity contribution is 7.13. The normalized spacial score (nSPS) is 10.5. The topological polar surface area (TPSA) is 56.0 Å². The second kappa shape index (κ2) is 4.12. The molecule has 0 unspecified atom stereocenters. The smallest absolute Gasteiger partial charge is 0.180 e. The molecule has 0 bridgehead atoms. The first kappa shape index (κ1) is 10.3. The highest BCUT2D eigenvalue weighted by Crippen LogP contribution is 2.18. The lowest BCUT2D eigenvalue weighted by Gasteiger charge is -1.96. The van der Waals surface area contributed by atoms with Crippen LogP contribution in [0.25, 0.3) is 0 Å². The van der Waals surface area contributed by atoms with Gasteiger partial charge in [0.2, 0.25) is 0 Å². The van der Waals surface area contributed by atoms with E-state index < -0.39 is 0 Å². The van der Waals surface area contributed by atoms with Gasteiger partial charge in [-0.3, -0.25) is 4.79 Å². The van der Waals surface area contributed by atoms with Crippen molar-refractivity contribution in [2.24, 2.45) is 0 Å². The molecule has 0 saturated carbocycles. The van der Waals surface area contributed by atoms with Gasteiger partial charge >= 0.3 is 0 Å². The van der Waals surface area contributed by atoms with E-state index in [2.05, 4.69) is 4.98 Å². The number of nitrogens with two attached hydrogens (primary N) is 1. The molecule has 2 aromatic rings.